The summed E-state index contributed by atoms with van der Waals surface area (Å²) in [5, 5.41) is 19.3. The van der Waals surface area contributed by atoms with Crippen LogP contribution in [0.2, 0.25) is 0 Å². The van der Waals surface area contributed by atoms with E-state index >= 15 is 0 Å². The van der Waals surface area contributed by atoms with E-state index in [-0.39, 0.29) is 5.92 Å². The number of hydrogen-bond acceptors (Lipinski definition) is 4. The normalized spacial score (nSPS) is 13.4. The van der Waals surface area contributed by atoms with Crippen LogP contribution in [0.25, 0.3) is 181 Å². The minimum atomic E-state index is -0.450. The van der Waals surface area contributed by atoms with E-state index in [9.17, 15) is 0 Å². The van der Waals surface area contributed by atoms with E-state index in [1.54, 1.807) is 0 Å². The Kier molecular flexibility index (Phi) is 12.4. The third-order valence-electron chi connectivity index (χ3n) is 22.9. The van der Waals surface area contributed by atoms with Gasteiger partial charge in [-0.1, -0.05) is 263 Å². The second kappa shape index (κ2) is 22.0. The number of rotatable bonds is 8. The third-order valence-corrected chi connectivity index (χ3v) is 22.9. The highest BCUT2D eigenvalue weighted by Gasteiger charge is 2.41. The van der Waals surface area contributed by atoms with Gasteiger partial charge in [0, 0.05) is 66.2 Å². The molecule has 0 bridgehead atoms. The molecule has 0 saturated heterocycles. The van der Waals surface area contributed by atoms with Gasteiger partial charge in [0.25, 0.3) is 0 Å². The van der Waals surface area contributed by atoms with E-state index in [1.807, 2.05) is 0 Å². The first-order chi connectivity index (χ1) is 50.8. The average Bonchev–Trinajstić information content (AvgIpc) is 1.51. The average molecular weight is 1310 g/mol. The first-order valence-corrected chi connectivity index (χ1v) is 35.9. The van der Waals surface area contributed by atoms with Crippen LogP contribution in [0.5, 0.6) is 0 Å². The Balaban J connectivity index is 0.843. The summed E-state index contributed by atoms with van der Waals surface area (Å²) < 4.78 is 15.6. The summed E-state index contributed by atoms with van der Waals surface area (Å²) in [6.07, 6.45) is 6.34. The zero-order chi connectivity index (χ0) is 67.8. The number of nitrogens with zero attached hydrogens (tertiary/aromatic N) is 3. The lowest BCUT2D eigenvalue weighted by Crippen LogP contribution is -2.15. The quantitative estimate of drug-likeness (QED) is 0.0864. The molecular formula is C98H63N3O2. The molecule has 20 aromatic rings. The Morgan fingerprint density at radius 2 is 0.864 bits per heavy atom. The van der Waals surface area contributed by atoms with Crippen LogP contribution >= 0.6 is 0 Å². The van der Waals surface area contributed by atoms with Crippen LogP contribution in [-0.2, 0) is 18.3 Å². The first-order valence-electron chi connectivity index (χ1n) is 35.9. The fraction of sp³-hybridized carbons (Fsp3) is 0.0612. The van der Waals surface area contributed by atoms with Gasteiger partial charge in [-0.25, -0.2) is 9.97 Å². The van der Waals surface area contributed by atoms with Crippen LogP contribution < -0.4 is 0 Å². The molecule has 482 valence electrons. The van der Waals surface area contributed by atoms with E-state index in [0.717, 1.165) is 107 Å². The van der Waals surface area contributed by atoms with Gasteiger partial charge in [0.2, 0.25) is 0 Å². The molecule has 0 radical (unpaired) electrons. The summed E-state index contributed by atoms with van der Waals surface area (Å²) >= 11 is 0. The fourth-order valence-corrected chi connectivity index (χ4v) is 18.4. The fourth-order valence-electron chi connectivity index (χ4n) is 18.4. The summed E-state index contributed by atoms with van der Waals surface area (Å²) in [5.74, 6) is 1.29. The van der Waals surface area contributed by atoms with E-state index < -0.39 is 5.41 Å². The van der Waals surface area contributed by atoms with Crippen LogP contribution in [0.4, 0.5) is 0 Å². The molecule has 0 atom stereocenters. The molecule has 0 N–H and O–H groups in total. The summed E-state index contributed by atoms with van der Waals surface area (Å²) in [6.45, 7) is 4.94. The molecule has 22 rings (SSSR count). The molecule has 0 spiro atoms. The van der Waals surface area contributed by atoms with Gasteiger partial charge in [0.15, 0.2) is 5.82 Å². The van der Waals surface area contributed by atoms with Crippen molar-refractivity contribution in [1.29, 1.82) is 0 Å². The highest BCUT2D eigenvalue weighted by atomic mass is 16.3. The standard InChI is InChI=1S/C98H63N3O2/c1-98(2)82-55-78-67-33-12-10-31-65(67)64-30-9-11-32-66(64)77(78)54-81(82)93-74-40-17-18-41-75(74)96-94(95(93)98)76-47-44-63(53-84(76)101(96)89-56-83(99-97(100-89)58-26-7-4-8-27-58)60-29-23-28-59(50-60)57-24-5-3-6-25-57)91-70-36-13-15-38-72(70)92(73-39-16-14-37-71(73)91)90(61-45-48-87-79(51-61)68-34-19-21-42-85(68)102-87)62-46-49-88-80(52-62)69-35-20-22-43-86(69)103-88/h3-36,38,40-56,90H,37,39H2,1-2H3. The van der Waals surface area contributed by atoms with Crippen molar-refractivity contribution in [2.75, 3.05) is 0 Å². The molecular weight excluding hydrogens is 1250 g/mol. The van der Waals surface area contributed by atoms with Gasteiger partial charge in [-0.05, 0) is 194 Å². The topological polar surface area (TPSA) is 57.0 Å². The number of aromatic nitrogens is 3. The van der Waals surface area contributed by atoms with Gasteiger partial charge < -0.3 is 8.83 Å². The molecule has 4 aromatic heterocycles. The smallest absolute Gasteiger partial charge is 0.162 e. The number of para-hydroxylation sites is 2. The van der Waals surface area contributed by atoms with E-state index in [2.05, 4.69) is 334 Å². The van der Waals surface area contributed by atoms with Crippen molar-refractivity contribution < 1.29 is 8.83 Å². The molecule has 4 heterocycles. The summed E-state index contributed by atoms with van der Waals surface area (Å²) in [7, 11) is 0. The number of furan rings is 2. The Morgan fingerprint density at radius 3 is 1.51 bits per heavy atom. The molecule has 0 aliphatic heterocycles. The zero-order valence-corrected chi connectivity index (χ0v) is 56.7. The van der Waals surface area contributed by atoms with Crippen molar-refractivity contribution in [1.82, 2.24) is 14.5 Å². The van der Waals surface area contributed by atoms with Crippen LogP contribution in [0.1, 0.15) is 58.7 Å². The molecule has 5 heteroatoms. The van der Waals surface area contributed by atoms with Crippen LogP contribution in [-0.4, -0.2) is 14.5 Å². The molecule has 0 unspecified atom stereocenters. The Hall–Kier alpha value is -13.0. The number of benzene rings is 16. The van der Waals surface area contributed by atoms with Crippen molar-refractivity contribution in [3.63, 3.8) is 0 Å². The predicted octanol–water partition coefficient (Wildman–Crippen LogP) is 25.9. The number of allylic oxidation sites excluding steroid dienone is 2. The molecule has 0 amide bonds. The summed E-state index contributed by atoms with van der Waals surface area (Å²) in [6, 6.07) is 112. The van der Waals surface area contributed by atoms with E-state index in [4.69, 9.17) is 18.8 Å². The van der Waals surface area contributed by atoms with Gasteiger partial charge in [0.1, 0.15) is 28.1 Å². The molecule has 0 saturated carbocycles. The Labute approximate surface area is 593 Å². The maximum absolute atomic E-state index is 6.56. The van der Waals surface area contributed by atoms with Crippen molar-refractivity contribution in [2.45, 2.75) is 38.0 Å². The molecule has 2 aliphatic rings. The van der Waals surface area contributed by atoms with Gasteiger partial charge >= 0.3 is 0 Å². The van der Waals surface area contributed by atoms with Gasteiger partial charge in [-0.15, -0.1) is 0 Å². The molecule has 103 heavy (non-hydrogen) atoms. The summed E-state index contributed by atoms with van der Waals surface area (Å²) in [4.78, 5) is 11.4. The Bertz CT molecular complexity index is 6970. The van der Waals surface area contributed by atoms with Crippen LogP contribution in [0, 0.1) is 0 Å². The molecule has 16 aromatic carbocycles. The highest BCUT2D eigenvalue weighted by Crippen LogP contribution is 2.59. The van der Waals surface area contributed by atoms with Gasteiger partial charge in [0.05, 0.1) is 16.7 Å². The van der Waals surface area contributed by atoms with Crippen molar-refractivity contribution in [3.8, 4) is 61.8 Å². The maximum Gasteiger partial charge on any atom is 0.162 e. The van der Waals surface area contributed by atoms with Gasteiger partial charge in [-0.2, -0.15) is 0 Å². The second-order valence-electron chi connectivity index (χ2n) is 28.8. The minimum absolute atomic E-state index is 0.169. The predicted molar refractivity (Wildman–Crippen MR) is 428 cm³/mol. The Morgan fingerprint density at radius 1 is 0.350 bits per heavy atom. The number of hydrogen-bond donors (Lipinski definition) is 0. The first kappa shape index (κ1) is 57.9. The monoisotopic (exact) mass is 1310 g/mol. The van der Waals surface area contributed by atoms with E-state index in [0.29, 0.717) is 5.82 Å². The SMILES string of the molecule is CC1(C)c2cc3c4ccccc4c4ccccc4c3cc2-c2c1c1c3ccc(-c4c5c(c(C(c6ccc7oc8ccccc8c7c6)c6ccc7oc8ccccc8c7c6)c6ccccc46)CC=CC5)cc3n(-c3cc(-c4cccc(-c5ccccc5)c4)nc(-c4ccccc4)n3)c1c1ccccc21. The second-order valence-corrected chi connectivity index (χ2v) is 28.8. The minimum Gasteiger partial charge on any atom is -0.456 e. The van der Waals surface area contributed by atoms with Crippen molar-refractivity contribution in [3.05, 3.63) is 354 Å². The lowest BCUT2D eigenvalue weighted by atomic mass is 9.74. The van der Waals surface area contributed by atoms with Crippen LogP contribution in [0.3, 0.4) is 0 Å². The molecule has 0 fully saturated rings. The van der Waals surface area contributed by atoms with Crippen LogP contribution in [0.15, 0.2) is 324 Å². The maximum atomic E-state index is 6.56. The number of fused-ring (bicyclic) bond motifs is 24. The molecule has 5 nitrogen and oxygen atoms in total. The third kappa shape index (κ3) is 8.54. The largest absolute Gasteiger partial charge is 0.456 e. The van der Waals surface area contributed by atoms with Gasteiger partial charge in [-0.3, -0.25) is 4.57 Å². The van der Waals surface area contributed by atoms with Crippen molar-refractivity contribution in [2.24, 2.45) is 0 Å². The highest BCUT2D eigenvalue weighted by molar-refractivity contribution is 6.30. The summed E-state index contributed by atoms with van der Waals surface area (Å²) in [5.41, 5.74) is 24.5. The lowest BCUT2D eigenvalue weighted by molar-refractivity contribution is 0.667. The molecule has 2 aliphatic carbocycles. The lowest BCUT2D eigenvalue weighted by Gasteiger charge is -2.29. The van der Waals surface area contributed by atoms with Crippen molar-refractivity contribution >= 4 is 120 Å². The van der Waals surface area contributed by atoms with E-state index in [1.165, 1.54) is 120 Å². The zero-order valence-electron chi connectivity index (χ0n) is 56.7.